The molecule has 3 heterocycles. The summed E-state index contributed by atoms with van der Waals surface area (Å²) in [5.74, 6) is 1.37. The highest BCUT2D eigenvalue weighted by molar-refractivity contribution is 5.92. The summed E-state index contributed by atoms with van der Waals surface area (Å²) in [6.45, 7) is 4.01. The third-order valence-electron chi connectivity index (χ3n) is 5.07. The van der Waals surface area contributed by atoms with Gasteiger partial charge in [-0.25, -0.2) is 4.98 Å². The zero-order chi connectivity index (χ0) is 20.1. The van der Waals surface area contributed by atoms with Crippen LogP contribution in [0.3, 0.4) is 0 Å². The number of amides is 1. The van der Waals surface area contributed by atoms with Gasteiger partial charge in [-0.3, -0.25) is 4.79 Å². The van der Waals surface area contributed by atoms with Crippen molar-refractivity contribution in [2.45, 2.75) is 6.54 Å². The maximum absolute atomic E-state index is 12.2. The number of piperazine rings is 1. The molecule has 1 fully saturated rings. The van der Waals surface area contributed by atoms with Crippen molar-refractivity contribution >= 4 is 17.3 Å². The summed E-state index contributed by atoms with van der Waals surface area (Å²) in [4.78, 5) is 21.2. The molecule has 7 nitrogen and oxygen atoms in total. The number of nitrogens with zero attached hydrogens (tertiary/aromatic N) is 3. The lowest BCUT2D eigenvalue weighted by atomic mass is 10.2. The predicted molar refractivity (Wildman–Crippen MR) is 112 cm³/mol. The van der Waals surface area contributed by atoms with Crippen LogP contribution in [0.2, 0.25) is 0 Å². The molecule has 0 saturated carbocycles. The second-order valence-corrected chi connectivity index (χ2v) is 6.84. The molecule has 0 aliphatic carbocycles. The Morgan fingerprint density at radius 2 is 1.72 bits per heavy atom. The molecular formula is C22H24N4O3. The monoisotopic (exact) mass is 392 g/mol. The van der Waals surface area contributed by atoms with E-state index in [9.17, 15) is 4.79 Å². The molecule has 1 aliphatic rings. The maximum atomic E-state index is 12.2. The van der Waals surface area contributed by atoms with Crippen molar-refractivity contribution in [3.8, 4) is 5.75 Å². The summed E-state index contributed by atoms with van der Waals surface area (Å²) in [5, 5.41) is 2.81. The van der Waals surface area contributed by atoms with Crippen molar-refractivity contribution in [2.75, 3.05) is 43.1 Å². The standard InChI is InChI=1S/C22H24N4O3/c1-28-19-7-4-17(5-8-19)25-10-12-26(13-11-25)18-6-9-21(23-15-18)22(27)24-16-20-3-2-14-29-20/h2-9,14-15H,10-13,16H2,1H3,(H,24,27). The molecule has 2 aromatic heterocycles. The van der Waals surface area contributed by atoms with Gasteiger partial charge in [-0.15, -0.1) is 0 Å². The molecule has 1 N–H and O–H groups in total. The van der Waals surface area contributed by atoms with Crippen molar-refractivity contribution in [3.63, 3.8) is 0 Å². The fraction of sp³-hybridized carbons (Fsp3) is 0.273. The molecule has 1 aromatic carbocycles. The first-order valence-electron chi connectivity index (χ1n) is 9.63. The number of methoxy groups -OCH3 is 1. The highest BCUT2D eigenvalue weighted by Gasteiger charge is 2.18. The normalized spacial score (nSPS) is 14.0. The van der Waals surface area contributed by atoms with Crippen LogP contribution in [0.1, 0.15) is 16.2 Å². The van der Waals surface area contributed by atoms with Crippen molar-refractivity contribution < 1.29 is 13.9 Å². The Kier molecular flexibility index (Phi) is 5.65. The first kappa shape index (κ1) is 18.9. The SMILES string of the molecule is COc1ccc(N2CCN(c3ccc(C(=O)NCc4ccco4)nc3)CC2)cc1. The number of aromatic nitrogens is 1. The van der Waals surface area contributed by atoms with Crippen LogP contribution in [0.4, 0.5) is 11.4 Å². The smallest absolute Gasteiger partial charge is 0.270 e. The molecule has 1 amide bonds. The van der Waals surface area contributed by atoms with E-state index in [0.717, 1.165) is 37.6 Å². The van der Waals surface area contributed by atoms with E-state index in [0.29, 0.717) is 18.0 Å². The van der Waals surface area contributed by atoms with Gasteiger partial charge >= 0.3 is 0 Å². The van der Waals surface area contributed by atoms with Crippen LogP contribution < -0.4 is 19.9 Å². The lowest BCUT2D eigenvalue weighted by molar-refractivity contribution is 0.0943. The Labute approximate surface area is 169 Å². The lowest BCUT2D eigenvalue weighted by Crippen LogP contribution is -2.46. The Hall–Kier alpha value is -3.48. The molecule has 0 unspecified atom stereocenters. The van der Waals surface area contributed by atoms with Crippen LogP contribution >= 0.6 is 0 Å². The van der Waals surface area contributed by atoms with Gasteiger partial charge in [0.2, 0.25) is 0 Å². The van der Waals surface area contributed by atoms with Gasteiger partial charge in [-0.05, 0) is 48.5 Å². The quantitative estimate of drug-likeness (QED) is 0.696. The van der Waals surface area contributed by atoms with E-state index in [1.165, 1.54) is 5.69 Å². The van der Waals surface area contributed by atoms with Gasteiger partial charge < -0.3 is 24.3 Å². The zero-order valence-corrected chi connectivity index (χ0v) is 16.4. The average Bonchev–Trinajstić information content (AvgIpc) is 3.31. The highest BCUT2D eigenvalue weighted by Crippen LogP contribution is 2.22. The molecule has 29 heavy (non-hydrogen) atoms. The predicted octanol–water partition coefficient (Wildman–Crippen LogP) is 2.94. The van der Waals surface area contributed by atoms with Gasteiger partial charge in [-0.1, -0.05) is 0 Å². The number of carbonyl (C=O) groups is 1. The van der Waals surface area contributed by atoms with E-state index in [2.05, 4.69) is 32.2 Å². The number of anilines is 2. The Bertz CT molecular complexity index is 916. The van der Waals surface area contributed by atoms with E-state index >= 15 is 0 Å². The summed E-state index contributed by atoms with van der Waals surface area (Å²) in [6, 6.07) is 15.5. The minimum Gasteiger partial charge on any atom is -0.497 e. The van der Waals surface area contributed by atoms with Crippen LogP contribution in [-0.4, -0.2) is 44.2 Å². The molecular weight excluding hydrogens is 368 g/mol. The van der Waals surface area contributed by atoms with Gasteiger partial charge in [0.25, 0.3) is 5.91 Å². The van der Waals surface area contributed by atoms with Gasteiger partial charge in [0.15, 0.2) is 0 Å². The lowest BCUT2D eigenvalue weighted by Gasteiger charge is -2.37. The molecule has 4 rings (SSSR count). The van der Waals surface area contributed by atoms with E-state index in [-0.39, 0.29) is 5.91 Å². The summed E-state index contributed by atoms with van der Waals surface area (Å²) < 4.78 is 10.4. The Balaban J connectivity index is 1.31. The molecule has 0 radical (unpaired) electrons. The summed E-state index contributed by atoms with van der Waals surface area (Å²) in [5.41, 5.74) is 2.63. The summed E-state index contributed by atoms with van der Waals surface area (Å²) >= 11 is 0. The zero-order valence-electron chi connectivity index (χ0n) is 16.4. The van der Waals surface area contributed by atoms with Crippen LogP contribution in [0.15, 0.2) is 65.4 Å². The molecule has 1 aliphatic heterocycles. The van der Waals surface area contributed by atoms with Gasteiger partial charge in [0.1, 0.15) is 17.2 Å². The van der Waals surface area contributed by atoms with Crippen molar-refractivity contribution in [2.24, 2.45) is 0 Å². The number of nitrogens with one attached hydrogen (secondary N) is 1. The van der Waals surface area contributed by atoms with Crippen molar-refractivity contribution in [1.82, 2.24) is 10.3 Å². The molecule has 3 aromatic rings. The molecule has 7 heteroatoms. The Morgan fingerprint density at radius 1 is 1.03 bits per heavy atom. The van der Waals surface area contributed by atoms with E-state index in [1.54, 1.807) is 31.7 Å². The largest absolute Gasteiger partial charge is 0.497 e. The summed E-state index contributed by atoms with van der Waals surface area (Å²) in [7, 11) is 1.68. The molecule has 0 spiro atoms. The van der Waals surface area contributed by atoms with Crippen molar-refractivity contribution in [3.05, 3.63) is 72.4 Å². The molecule has 0 bridgehead atoms. The second-order valence-electron chi connectivity index (χ2n) is 6.84. The molecule has 150 valence electrons. The Morgan fingerprint density at radius 3 is 2.31 bits per heavy atom. The van der Waals surface area contributed by atoms with Crippen molar-refractivity contribution in [1.29, 1.82) is 0 Å². The number of benzene rings is 1. The molecule has 0 atom stereocenters. The van der Waals surface area contributed by atoms with Gasteiger partial charge in [0, 0.05) is 31.9 Å². The summed E-state index contributed by atoms with van der Waals surface area (Å²) in [6.07, 6.45) is 3.35. The number of rotatable bonds is 6. The van der Waals surface area contributed by atoms with Gasteiger partial charge in [-0.2, -0.15) is 0 Å². The highest BCUT2D eigenvalue weighted by atomic mass is 16.5. The van der Waals surface area contributed by atoms with Crippen LogP contribution in [-0.2, 0) is 6.54 Å². The van der Waals surface area contributed by atoms with Crippen LogP contribution in [0, 0.1) is 0 Å². The second kappa shape index (κ2) is 8.68. The minimum atomic E-state index is -0.211. The first-order chi connectivity index (χ1) is 14.2. The fourth-order valence-electron chi connectivity index (χ4n) is 3.39. The number of ether oxygens (including phenoxy) is 1. The average molecular weight is 392 g/mol. The minimum absolute atomic E-state index is 0.211. The van der Waals surface area contributed by atoms with Gasteiger partial charge in [0.05, 0.1) is 31.8 Å². The van der Waals surface area contributed by atoms with E-state index in [1.807, 2.05) is 24.3 Å². The topological polar surface area (TPSA) is 70.8 Å². The number of hydrogen-bond acceptors (Lipinski definition) is 6. The number of carbonyl (C=O) groups excluding carboxylic acids is 1. The van der Waals surface area contributed by atoms with Crippen LogP contribution in [0.5, 0.6) is 5.75 Å². The number of pyridine rings is 1. The third-order valence-corrected chi connectivity index (χ3v) is 5.07. The van der Waals surface area contributed by atoms with E-state index < -0.39 is 0 Å². The maximum Gasteiger partial charge on any atom is 0.270 e. The fourth-order valence-corrected chi connectivity index (χ4v) is 3.39. The molecule has 1 saturated heterocycles. The third kappa shape index (κ3) is 4.51. The number of furan rings is 1. The first-order valence-corrected chi connectivity index (χ1v) is 9.63. The van der Waals surface area contributed by atoms with E-state index in [4.69, 9.17) is 9.15 Å². The number of hydrogen-bond donors (Lipinski definition) is 1. The van der Waals surface area contributed by atoms with Crippen LogP contribution in [0.25, 0.3) is 0 Å².